The van der Waals surface area contributed by atoms with E-state index in [1.807, 2.05) is 18.4 Å². The van der Waals surface area contributed by atoms with E-state index in [4.69, 9.17) is 10.9 Å². The highest BCUT2D eigenvalue weighted by Crippen LogP contribution is 2.26. The van der Waals surface area contributed by atoms with Gasteiger partial charge in [0, 0.05) is 16.8 Å². The van der Waals surface area contributed by atoms with Gasteiger partial charge in [-0.2, -0.15) is 0 Å². The molecule has 0 saturated heterocycles. The molecular formula is C14H23N3O2S. The third-order valence-electron chi connectivity index (χ3n) is 3.26. The van der Waals surface area contributed by atoms with Crippen LogP contribution in [-0.4, -0.2) is 23.5 Å². The van der Waals surface area contributed by atoms with Gasteiger partial charge in [0.1, 0.15) is 0 Å². The Morgan fingerprint density at radius 2 is 2.30 bits per heavy atom. The number of hydrogen-bond acceptors (Lipinski definition) is 4. The summed E-state index contributed by atoms with van der Waals surface area (Å²) < 4.78 is 0. The van der Waals surface area contributed by atoms with Crippen LogP contribution in [0.25, 0.3) is 0 Å². The molecule has 0 fully saturated rings. The van der Waals surface area contributed by atoms with Crippen LogP contribution < -0.4 is 11.1 Å². The number of nitrogens with two attached hydrogens (primary N) is 1. The molecule has 1 atom stereocenters. The van der Waals surface area contributed by atoms with Crippen molar-refractivity contribution in [2.24, 2.45) is 16.8 Å². The lowest BCUT2D eigenvalue weighted by atomic mass is 9.91. The predicted molar refractivity (Wildman–Crippen MR) is 82.2 cm³/mol. The quantitative estimate of drug-likeness (QED) is 0.312. The molecule has 1 aromatic heterocycles. The Morgan fingerprint density at radius 1 is 1.60 bits per heavy atom. The molecular weight excluding hydrogens is 274 g/mol. The summed E-state index contributed by atoms with van der Waals surface area (Å²) in [6.07, 6.45) is 1.36. The van der Waals surface area contributed by atoms with Gasteiger partial charge in [-0.15, -0.1) is 11.3 Å². The number of nitrogens with zero attached hydrogens (tertiary/aromatic N) is 1. The van der Waals surface area contributed by atoms with Gasteiger partial charge < -0.3 is 16.3 Å². The minimum Gasteiger partial charge on any atom is -0.409 e. The van der Waals surface area contributed by atoms with Crippen LogP contribution in [0, 0.1) is 5.92 Å². The predicted octanol–water partition coefficient (Wildman–Crippen LogP) is 2.30. The van der Waals surface area contributed by atoms with Crippen molar-refractivity contribution in [3.05, 3.63) is 22.4 Å². The number of oxime groups is 1. The number of hydrogen-bond donors (Lipinski definition) is 3. The van der Waals surface area contributed by atoms with E-state index in [2.05, 4.69) is 30.4 Å². The highest BCUT2D eigenvalue weighted by atomic mass is 32.1. The smallest absolute Gasteiger partial charge is 0.230 e. The molecule has 0 aliphatic carbocycles. The number of amides is 1. The lowest BCUT2D eigenvalue weighted by Gasteiger charge is -2.25. The van der Waals surface area contributed by atoms with E-state index >= 15 is 0 Å². The summed E-state index contributed by atoms with van der Waals surface area (Å²) in [6.45, 7) is 6.64. The fraction of sp³-hybridized carbons (Fsp3) is 0.571. The van der Waals surface area contributed by atoms with Crippen molar-refractivity contribution in [2.75, 3.05) is 6.54 Å². The van der Waals surface area contributed by atoms with Crippen molar-refractivity contribution >= 4 is 23.1 Å². The average Bonchev–Trinajstić information content (AvgIpc) is 2.96. The van der Waals surface area contributed by atoms with E-state index in [1.54, 1.807) is 11.3 Å². The molecule has 0 aliphatic rings. The zero-order valence-electron chi connectivity index (χ0n) is 12.2. The molecule has 0 radical (unpaired) electrons. The van der Waals surface area contributed by atoms with E-state index < -0.39 is 5.92 Å². The standard InChI is InChI=1S/C14H23N3O2S/c1-4-6-10(12(15)17-19)13(18)16-9-14(2,3)11-7-5-8-20-11/h5,7-8,10,19H,4,6,9H2,1-3H3,(H2,15,17)(H,16,18). The van der Waals surface area contributed by atoms with Gasteiger partial charge in [-0.1, -0.05) is 38.4 Å². The Balaban J connectivity index is 2.65. The van der Waals surface area contributed by atoms with E-state index in [0.717, 1.165) is 6.42 Å². The summed E-state index contributed by atoms with van der Waals surface area (Å²) in [5.41, 5.74) is 5.45. The summed E-state index contributed by atoms with van der Waals surface area (Å²) in [5.74, 6) is -0.783. The van der Waals surface area contributed by atoms with E-state index in [9.17, 15) is 4.79 Å². The molecule has 1 rings (SSSR count). The number of thiophene rings is 1. The molecule has 1 aromatic rings. The van der Waals surface area contributed by atoms with Gasteiger partial charge in [-0.3, -0.25) is 4.79 Å². The topological polar surface area (TPSA) is 87.7 Å². The Bertz CT molecular complexity index is 455. The molecule has 6 heteroatoms. The molecule has 1 unspecified atom stereocenters. The van der Waals surface area contributed by atoms with E-state index in [1.165, 1.54) is 4.88 Å². The van der Waals surface area contributed by atoms with Crippen molar-refractivity contribution in [3.63, 3.8) is 0 Å². The largest absolute Gasteiger partial charge is 0.409 e. The van der Waals surface area contributed by atoms with Crippen molar-refractivity contribution in [2.45, 2.75) is 39.0 Å². The summed E-state index contributed by atoms with van der Waals surface area (Å²) in [5, 5.41) is 16.6. The third-order valence-corrected chi connectivity index (χ3v) is 4.49. The van der Waals surface area contributed by atoms with Gasteiger partial charge in [0.2, 0.25) is 5.91 Å². The Morgan fingerprint density at radius 3 is 2.80 bits per heavy atom. The van der Waals surface area contributed by atoms with Gasteiger partial charge in [-0.25, -0.2) is 0 Å². The SMILES string of the molecule is CCCC(C(=O)NCC(C)(C)c1cccs1)/C(N)=N/O. The van der Waals surface area contributed by atoms with Crippen molar-refractivity contribution in [3.8, 4) is 0 Å². The number of carbonyl (C=O) groups excluding carboxylic acids is 1. The second-order valence-corrected chi connectivity index (χ2v) is 6.39. The second kappa shape index (κ2) is 7.28. The lowest BCUT2D eigenvalue weighted by molar-refractivity contribution is -0.123. The minimum atomic E-state index is -0.566. The highest BCUT2D eigenvalue weighted by Gasteiger charge is 2.26. The Hall–Kier alpha value is -1.56. The molecule has 0 aromatic carbocycles. The van der Waals surface area contributed by atoms with Crippen molar-refractivity contribution in [1.29, 1.82) is 0 Å². The second-order valence-electron chi connectivity index (χ2n) is 5.45. The molecule has 20 heavy (non-hydrogen) atoms. The van der Waals surface area contributed by atoms with E-state index in [0.29, 0.717) is 13.0 Å². The fourth-order valence-corrected chi connectivity index (χ4v) is 2.81. The zero-order chi connectivity index (χ0) is 15.2. The van der Waals surface area contributed by atoms with Gasteiger partial charge >= 0.3 is 0 Å². The first-order chi connectivity index (χ1) is 9.42. The minimum absolute atomic E-state index is 0.0294. The molecule has 112 valence electrons. The van der Waals surface area contributed by atoms with Crippen LogP contribution in [0.5, 0.6) is 0 Å². The fourth-order valence-electron chi connectivity index (χ4n) is 1.95. The first-order valence-corrected chi connectivity index (χ1v) is 7.59. The lowest BCUT2D eigenvalue weighted by Crippen LogP contribution is -2.43. The normalized spacial score (nSPS) is 14.1. The summed E-state index contributed by atoms with van der Waals surface area (Å²) >= 11 is 1.67. The third kappa shape index (κ3) is 4.23. The van der Waals surface area contributed by atoms with E-state index in [-0.39, 0.29) is 17.2 Å². The van der Waals surface area contributed by atoms with Crippen LogP contribution in [0.15, 0.2) is 22.7 Å². The van der Waals surface area contributed by atoms with Crippen LogP contribution in [0.4, 0.5) is 0 Å². The van der Waals surface area contributed by atoms with Gasteiger partial charge in [0.05, 0.1) is 5.92 Å². The van der Waals surface area contributed by atoms with Gasteiger partial charge in [-0.05, 0) is 17.9 Å². The molecule has 0 spiro atoms. The molecule has 5 nitrogen and oxygen atoms in total. The molecule has 0 aliphatic heterocycles. The number of amidine groups is 1. The number of rotatable bonds is 7. The van der Waals surface area contributed by atoms with Crippen molar-refractivity contribution < 1.29 is 10.0 Å². The molecule has 4 N–H and O–H groups in total. The maximum Gasteiger partial charge on any atom is 0.230 e. The number of nitrogens with one attached hydrogen (secondary N) is 1. The average molecular weight is 297 g/mol. The van der Waals surface area contributed by atoms with Crippen LogP contribution in [0.1, 0.15) is 38.5 Å². The van der Waals surface area contributed by atoms with Crippen LogP contribution >= 0.6 is 11.3 Å². The first kappa shape index (κ1) is 16.5. The first-order valence-electron chi connectivity index (χ1n) is 6.71. The molecule has 0 bridgehead atoms. The van der Waals surface area contributed by atoms with Gasteiger partial charge in [0.25, 0.3) is 0 Å². The van der Waals surface area contributed by atoms with Crippen LogP contribution in [0.2, 0.25) is 0 Å². The summed E-state index contributed by atoms with van der Waals surface area (Å²) in [4.78, 5) is 13.4. The van der Waals surface area contributed by atoms with Crippen LogP contribution in [-0.2, 0) is 10.2 Å². The molecule has 1 heterocycles. The molecule has 0 saturated carbocycles. The van der Waals surface area contributed by atoms with Gasteiger partial charge in [0.15, 0.2) is 5.84 Å². The van der Waals surface area contributed by atoms with Crippen LogP contribution in [0.3, 0.4) is 0 Å². The summed E-state index contributed by atoms with van der Waals surface area (Å²) in [7, 11) is 0. The monoisotopic (exact) mass is 297 g/mol. The highest BCUT2D eigenvalue weighted by molar-refractivity contribution is 7.10. The Labute approximate surface area is 123 Å². The maximum absolute atomic E-state index is 12.2. The summed E-state index contributed by atoms with van der Waals surface area (Å²) in [6, 6.07) is 4.06. The van der Waals surface area contributed by atoms with Crippen molar-refractivity contribution in [1.82, 2.24) is 5.32 Å². The number of carbonyl (C=O) groups is 1. The maximum atomic E-state index is 12.2. The molecule has 1 amide bonds. The Kier molecular flexibility index (Phi) is 6.01. The zero-order valence-corrected chi connectivity index (χ0v) is 13.0.